The van der Waals surface area contributed by atoms with Crippen LogP contribution >= 0.6 is 0 Å². The Morgan fingerprint density at radius 3 is 1.98 bits per heavy atom. The second-order valence-electron chi connectivity index (χ2n) is 11.6. The molecule has 2 aromatic carbocycles. The second kappa shape index (κ2) is 12.0. The average Bonchev–Trinajstić information content (AvgIpc) is 2.84. The molecule has 2 atom stereocenters. The van der Waals surface area contributed by atoms with Crippen molar-refractivity contribution in [3.63, 3.8) is 0 Å². The molecule has 0 aromatic heterocycles. The van der Waals surface area contributed by atoms with Gasteiger partial charge in [-0.05, 0) is 80.6 Å². The van der Waals surface area contributed by atoms with Crippen molar-refractivity contribution >= 4 is 12.1 Å². The summed E-state index contributed by atoms with van der Waals surface area (Å²) in [7, 11) is 0. The number of rotatable bonds is 4. The number of nitrogens with zero attached hydrogens (tertiary/aromatic N) is 2. The summed E-state index contributed by atoms with van der Waals surface area (Å²) in [5.74, 6) is -1.12. The first-order valence-corrected chi connectivity index (χ1v) is 13.3. The number of alkyl halides is 6. The van der Waals surface area contributed by atoms with E-state index in [0.717, 1.165) is 0 Å². The van der Waals surface area contributed by atoms with Crippen LogP contribution in [0.2, 0.25) is 0 Å². The van der Waals surface area contributed by atoms with Crippen molar-refractivity contribution in [2.24, 2.45) is 5.92 Å². The summed E-state index contributed by atoms with van der Waals surface area (Å²) in [6.07, 6.45) is -10.7. The molecule has 1 fully saturated rings. The predicted molar refractivity (Wildman–Crippen MR) is 141 cm³/mol. The highest BCUT2D eigenvalue weighted by molar-refractivity contribution is 5.76. The SMILES string of the molecule is Cc1cc(F)ccc1C1CN(C(=O)OC(C)(C)C)CCN1C(=O)NC(c1cc(C(F)(F)F)cc(C(F)(F)F)c1)C(C)C. The van der Waals surface area contributed by atoms with Gasteiger partial charge in [0, 0.05) is 19.6 Å². The summed E-state index contributed by atoms with van der Waals surface area (Å²) in [5, 5.41) is 2.62. The van der Waals surface area contributed by atoms with Crippen LogP contribution in [0.5, 0.6) is 0 Å². The Labute approximate surface area is 239 Å². The average molecular weight is 606 g/mol. The van der Waals surface area contributed by atoms with Crippen molar-refractivity contribution in [1.82, 2.24) is 15.1 Å². The summed E-state index contributed by atoms with van der Waals surface area (Å²) in [5.41, 5.74) is -3.13. The number of urea groups is 1. The summed E-state index contributed by atoms with van der Waals surface area (Å²) < 4.78 is 101. The number of halogens is 7. The van der Waals surface area contributed by atoms with Crippen LogP contribution in [0.3, 0.4) is 0 Å². The molecule has 0 aliphatic carbocycles. The number of carbonyl (C=O) groups is 2. The first-order chi connectivity index (χ1) is 19.2. The first kappa shape index (κ1) is 33.0. The topological polar surface area (TPSA) is 61.9 Å². The molecule has 0 spiro atoms. The minimum atomic E-state index is -5.05. The highest BCUT2D eigenvalue weighted by Gasteiger charge is 2.40. The first-order valence-electron chi connectivity index (χ1n) is 13.3. The third-order valence-corrected chi connectivity index (χ3v) is 6.80. The Balaban J connectivity index is 1.99. The van der Waals surface area contributed by atoms with Crippen LogP contribution in [-0.2, 0) is 17.1 Å². The van der Waals surface area contributed by atoms with E-state index >= 15 is 0 Å². The van der Waals surface area contributed by atoms with Gasteiger partial charge in [-0.2, -0.15) is 26.3 Å². The van der Waals surface area contributed by atoms with Crippen molar-refractivity contribution in [2.45, 2.75) is 71.6 Å². The summed E-state index contributed by atoms with van der Waals surface area (Å²) >= 11 is 0. The molecule has 6 nitrogen and oxygen atoms in total. The maximum Gasteiger partial charge on any atom is 0.416 e. The lowest BCUT2D eigenvalue weighted by Crippen LogP contribution is -2.56. The van der Waals surface area contributed by atoms with Crippen LogP contribution in [0, 0.1) is 18.7 Å². The van der Waals surface area contributed by atoms with Crippen LogP contribution in [0.4, 0.5) is 40.3 Å². The van der Waals surface area contributed by atoms with Gasteiger partial charge in [-0.15, -0.1) is 0 Å². The number of ether oxygens (including phenoxy) is 1. The van der Waals surface area contributed by atoms with Gasteiger partial charge in [0.25, 0.3) is 0 Å². The minimum absolute atomic E-state index is 0.0337. The highest BCUT2D eigenvalue weighted by atomic mass is 19.4. The van der Waals surface area contributed by atoms with E-state index in [4.69, 9.17) is 4.74 Å². The second-order valence-corrected chi connectivity index (χ2v) is 11.6. The molecule has 1 heterocycles. The Kier molecular flexibility index (Phi) is 9.43. The smallest absolute Gasteiger partial charge is 0.416 e. The van der Waals surface area contributed by atoms with E-state index in [9.17, 15) is 40.3 Å². The van der Waals surface area contributed by atoms with Gasteiger partial charge < -0.3 is 19.9 Å². The lowest BCUT2D eigenvalue weighted by molar-refractivity contribution is -0.143. The summed E-state index contributed by atoms with van der Waals surface area (Å²) in [6.45, 7) is 9.80. The molecule has 3 amide bonds. The molecule has 2 unspecified atom stereocenters. The van der Waals surface area contributed by atoms with Crippen LogP contribution in [0.1, 0.15) is 74.5 Å². The Morgan fingerprint density at radius 2 is 1.50 bits per heavy atom. The van der Waals surface area contributed by atoms with Gasteiger partial charge in [-0.3, -0.25) is 0 Å². The summed E-state index contributed by atoms with van der Waals surface area (Å²) in [4.78, 5) is 29.2. The van der Waals surface area contributed by atoms with E-state index in [1.807, 2.05) is 0 Å². The molecule has 13 heteroatoms. The lowest BCUT2D eigenvalue weighted by atomic mass is 9.92. The number of carbonyl (C=O) groups excluding carboxylic acids is 2. The van der Waals surface area contributed by atoms with E-state index in [0.29, 0.717) is 23.3 Å². The van der Waals surface area contributed by atoms with Crippen molar-refractivity contribution in [3.05, 3.63) is 70.0 Å². The number of piperazine rings is 1. The molecular formula is C29H34F7N3O3. The predicted octanol–water partition coefficient (Wildman–Crippen LogP) is 7.87. The van der Waals surface area contributed by atoms with Gasteiger partial charge >= 0.3 is 24.5 Å². The Bertz CT molecular complexity index is 1270. The van der Waals surface area contributed by atoms with Crippen molar-refractivity contribution in [3.8, 4) is 0 Å². The van der Waals surface area contributed by atoms with Gasteiger partial charge in [0.15, 0.2) is 0 Å². The van der Waals surface area contributed by atoms with E-state index in [1.165, 1.54) is 28.0 Å². The number of hydrogen-bond acceptors (Lipinski definition) is 3. The zero-order valence-electron chi connectivity index (χ0n) is 24.1. The number of aryl methyl sites for hydroxylation is 1. The largest absolute Gasteiger partial charge is 0.444 e. The van der Waals surface area contributed by atoms with Crippen molar-refractivity contribution < 1.29 is 45.1 Å². The third kappa shape index (κ3) is 8.07. The number of hydrogen-bond donors (Lipinski definition) is 1. The zero-order chi connectivity index (χ0) is 31.8. The van der Waals surface area contributed by atoms with E-state index < -0.39 is 65.0 Å². The maximum absolute atomic E-state index is 13.9. The van der Waals surface area contributed by atoms with Crippen LogP contribution < -0.4 is 5.32 Å². The Hall–Kier alpha value is -3.51. The fraction of sp³-hybridized carbons (Fsp3) is 0.517. The highest BCUT2D eigenvalue weighted by Crippen LogP contribution is 2.39. The van der Waals surface area contributed by atoms with Gasteiger partial charge in [0.1, 0.15) is 11.4 Å². The molecule has 1 N–H and O–H groups in total. The van der Waals surface area contributed by atoms with Gasteiger partial charge in [0.05, 0.1) is 23.2 Å². The molecule has 0 saturated carbocycles. The molecule has 1 saturated heterocycles. The molecule has 1 aliphatic heterocycles. The van der Waals surface area contributed by atoms with Gasteiger partial charge in [-0.1, -0.05) is 19.9 Å². The van der Waals surface area contributed by atoms with Crippen LogP contribution in [0.25, 0.3) is 0 Å². The standard InChI is InChI=1S/C29H34F7N3O3/c1-16(2)24(18-12-19(28(31,32)33)14-20(13-18)29(34,35)36)37-25(40)39-10-9-38(26(41)42-27(4,5)6)15-23(39)22-8-7-21(30)11-17(22)3/h7-8,11-14,16,23-24H,9-10,15H2,1-6H3,(H,37,40). The number of amides is 3. The molecule has 1 aliphatic rings. The van der Waals surface area contributed by atoms with Crippen molar-refractivity contribution in [1.29, 1.82) is 0 Å². The fourth-order valence-electron chi connectivity index (χ4n) is 4.81. The molecule has 3 rings (SSSR count). The normalized spacial score (nSPS) is 17.3. The van der Waals surface area contributed by atoms with Gasteiger partial charge in [-0.25, -0.2) is 14.0 Å². The van der Waals surface area contributed by atoms with Crippen molar-refractivity contribution in [2.75, 3.05) is 19.6 Å². The van der Waals surface area contributed by atoms with E-state index in [2.05, 4.69) is 5.32 Å². The molecular weight excluding hydrogens is 571 g/mol. The fourth-order valence-corrected chi connectivity index (χ4v) is 4.81. The maximum atomic E-state index is 13.9. The minimum Gasteiger partial charge on any atom is -0.444 e. The summed E-state index contributed by atoms with van der Waals surface area (Å²) in [6, 6.07) is 2.36. The van der Waals surface area contributed by atoms with E-state index in [1.54, 1.807) is 41.5 Å². The Morgan fingerprint density at radius 1 is 0.929 bits per heavy atom. The van der Waals surface area contributed by atoms with Crippen LogP contribution in [0.15, 0.2) is 36.4 Å². The molecule has 2 aromatic rings. The molecule has 0 radical (unpaired) electrons. The third-order valence-electron chi connectivity index (χ3n) is 6.80. The number of benzene rings is 2. The van der Waals surface area contributed by atoms with Gasteiger partial charge in [0.2, 0.25) is 0 Å². The zero-order valence-corrected chi connectivity index (χ0v) is 24.1. The van der Waals surface area contributed by atoms with E-state index in [-0.39, 0.29) is 31.3 Å². The monoisotopic (exact) mass is 605 g/mol. The molecule has 232 valence electrons. The van der Waals surface area contributed by atoms with Crippen LogP contribution in [-0.4, -0.2) is 47.2 Å². The lowest BCUT2D eigenvalue weighted by Gasteiger charge is -2.43. The molecule has 42 heavy (non-hydrogen) atoms. The quantitative estimate of drug-likeness (QED) is 0.361. The number of nitrogens with one attached hydrogen (secondary N) is 1. The molecule has 0 bridgehead atoms.